The van der Waals surface area contributed by atoms with Gasteiger partial charge in [-0.05, 0) is 42.0 Å². The van der Waals surface area contributed by atoms with Gasteiger partial charge >= 0.3 is 5.91 Å². The maximum absolute atomic E-state index is 13.5. The van der Waals surface area contributed by atoms with Gasteiger partial charge in [0.2, 0.25) is 5.91 Å². The summed E-state index contributed by atoms with van der Waals surface area (Å²) in [4.78, 5) is 26.6. The summed E-state index contributed by atoms with van der Waals surface area (Å²) in [5.74, 6) is -2.13. The van der Waals surface area contributed by atoms with E-state index in [1.165, 1.54) is 11.1 Å². The van der Waals surface area contributed by atoms with E-state index in [0.29, 0.717) is 31.2 Å². The molecule has 1 aromatic carbocycles. The molecule has 4 rings (SSSR count). The molecule has 32 heavy (non-hydrogen) atoms. The van der Waals surface area contributed by atoms with Crippen molar-refractivity contribution in [2.75, 3.05) is 31.2 Å². The zero-order chi connectivity index (χ0) is 22.7. The van der Waals surface area contributed by atoms with Gasteiger partial charge in [-0.1, -0.05) is 11.6 Å². The number of carbonyl (C=O) groups is 2. The predicted octanol–water partition coefficient (Wildman–Crippen LogP) is 2.78. The van der Waals surface area contributed by atoms with Crippen molar-refractivity contribution in [3.63, 3.8) is 0 Å². The number of carbonyl (C=O) groups excluding carboxylic acids is 2. The van der Waals surface area contributed by atoms with E-state index in [1.807, 2.05) is 0 Å². The van der Waals surface area contributed by atoms with E-state index >= 15 is 0 Å². The molecule has 0 aromatic heterocycles. The molecule has 3 aliphatic rings. The van der Waals surface area contributed by atoms with Gasteiger partial charge in [-0.2, -0.15) is 0 Å². The zero-order valence-corrected chi connectivity index (χ0v) is 18.2. The number of benzene rings is 1. The van der Waals surface area contributed by atoms with Crippen LogP contribution in [0.15, 0.2) is 34.0 Å². The summed E-state index contributed by atoms with van der Waals surface area (Å²) in [6.07, 6.45) is 5.74. The van der Waals surface area contributed by atoms with Crippen LogP contribution >= 0.6 is 11.6 Å². The monoisotopic (exact) mass is 465 g/mol. The number of piperidine rings is 1. The van der Waals surface area contributed by atoms with Gasteiger partial charge in [-0.25, -0.2) is 13.6 Å². The van der Waals surface area contributed by atoms with Crippen LogP contribution in [0.2, 0.25) is 0 Å². The van der Waals surface area contributed by atoms with Crippen molar-refractivity contribution in [2.45, 2.75) is 25.7 Å². The molecular formula is C22H24ClF2N4O3+. The Morgan fingerprint density at radius 1 is 1.25 bits per heavy atom. The van der Waals surface area contributed by atoms with Gasteiger partial charge in [0, 0.05) is 48.9 Å². The topological polar surface area (TPSA) is 74.0 Å². The van der Waals surface area contributed by atoms with Gasteiger partial charge in [-0.3, -0.25) is 4.79 Å². The summed E-state index contributed by atoms with van der Waals surface area (Å²) in [5, 5.41) is 7.37. The van der Waals surface area contributed by atoms with E-state index in [4.69, 9.17) is 16.3 Å². The van der Waals surface area contributed by atoms with Crippen LogP contribution in [0.25, 0.3) is 0 Å². The van der Waals surface area contributed by atoms with Crippen molar-refractivity contribution < 1.29 is 27.8 Å². The second-order valence-electron chi connectivity index (χ2n) is 8.16. The minimum Gasteiger partial charge on any atom is -0.382 e. The summed E-state index contributed by atoms with van der Waals surface area (Å²) in [6, 6.07) is 3.02. The fourth-order valence-electron chi connectivity index (χ4n) is 4.05. The maximum Gasteiger partial charge on any atom is 0.462 e. The van der Waals surface area contributed by atoms with E-state index in [-0.39, 0.29) is 35.5 Å². The molecule has 2 amide bonds. The summed E-state index contributed by atoms with van der Waals surface area (Å²) in [6.45, 7) is 2.37. The lowest BCUT2D eigenvalue weighted by Gasteiger charge is -2.29. The molecule has 0 radical (unpaired) electrons. The van der Waals surface area contributed by atoms with E-state index in [0.717, 1.165) is 42.3 Å². The summed E-state index contributed by atoms with van der Waals surface area (Å²) >= 11 is 6.26. The first-order valence-electron chi connectivity index (χ1n) is 10.6. The fourth-order valence-corrected chi connectivity index (χ4v) is 4.25. The third kappa shape index (κ3) is 5.21. The van der Waals surface area contributed by atoms with Crippen molar-refractivity contribution >= 4 is 41.5 Å². The largest absolute Gasteiger partial charge is 0.462 e. The highest BCUT2D eigenvalue weighted by atomic mass is 35.5. The van der Waals surface area contributed by atoms with Crippen molar-refractivity contribution in [1.82, 2.24) is 5.32 Å². The SMILES string of the molecule is O=C1CC(/C=[N+]2\N=CC(NC[C@H]3CCCOC3)=C(Cl)C2=O)CCN1c1cc(F)cc(F)c1. The van der Waals surface area contributed by atoms with E-state index in [9.17, 15) is 18.4 Å². The Labute approximate surface area is 189 Å². The molecule has 0 saturated carbocycles. The normalized spacial score (nSPS) is 25.6. The number of hydrazone groups is 1. The lowest BCUT2D eigenvalue weighted by molar-refractivity contribution is -0.447. The average Bonchev–Trinajstić information content (AvgIpc) is 2.76. The van der Waals surface area contributed by atoms with Crippen LogP contribution in [0.3, 0.4) is 0 Å². The van der Waals surface area contributed by atoms with Gasteiger partial charge in [0.15, 0.2) is 11.2 Å². The lowest BCUT2D eigenvalue weighted by atomic mass is 9.97. The van der Waals surface area contributed by atoms with Gasteiger partial charge in [0.05, 0.1) is 12.3 Å². The summed E-state index contributed by atoms with van der Waals surface area (Å²) in [5.41, 5.74) is 0.647. The molecule has 3 aliphatic heterocycles. The molecule has 0 bridgehead atoms. The molecule has 1 aromatic rings. The van der Waals surface area contributed by atoms with E-state index in [1.54, 1.807) is 6.21 Å². The molecule has 1 unspecified atom stereocenters. The van der Waals surface area contributed by atoms with E-state index < -0.39 is 17.5 Å². The molecule has 2 saturated heterocycles. The zero-order valence-electron chi connectivity index (χ0n) is 17.4. The highest BCUT2D eigenvalue weighted by Crippen LogP contribution is 2.25. The van der Waals surface area contributed by atoms with Crippen LogP contribution in [-0.4, -0.2) is 55.2 Å². The molecule has 10 heteroatoms. The molecular weight excluding hydrogens is 442 g/mol. The average molecular weight is 466 g/mol. The number of hydrogen-bond acceptors (Lipinski definition) is 5. The maximum atomic E-state index is 13.5. The molecule has 170 valence electrons. The number of halogens is 3. The minimum atomic E-state index is -0.739. The number of ether oxygens (including phenoxy) is 1. The van der Waals surface area contributed by atoms with Gasteiger partial charge in [0.25, 0.3) is 0 Å². The Morgan fingerprint density at radius 3 is 2.72 bits per heavy atom. The van der Waals surface area contributed by atoms with Crippen LogP contribution in [0, 0.1) is 23.5 Å². The number of amides is 2. The first kappa shape index (κ1) is 22.5. The summed E-state index contributed by atoms with van der Waals surface area (Å²) in [7, 11) is 0. The molecule has 3 heterocycles. The van der Waals surface area contributed by atoms with Crippen LogP contribution in [0.4, 0.5) is 14.5 Å². The fraction of sp³-hybridized carbons (Fsp3) is 0.455. The van der Waals surface area contributed by atoms with Crippen molar-refractivity contribution in [2.24, 2.45) is 16.9 Å². The third-order valence-corrected chi connectivity index (χ3v) is 6.12. The lowest BCUT2D eigenvalue weighted by Crippen LogP contribution is -2.40. The Hall–Kier alpha value is -2.65. The first-order valence-corrected chi connectivity index (χ1v) is 11.0. The number of nitrogens with one attached hydrogen (secondary N) is 1. The van der Waals surface area contributed by atoms with Gasteiger partial charge in [-0.15, -0.1) is 0 Å². The molecule has 2 atom stereocenters. The third-order valence-electron chi connectivity index (χ3n) is 5.75. The highest BCUT2D eigenvalue weighted by molar-refractivity contribution is 6.42. The molecule has 1 N–H and O–H groups in total. The Kier molecular flexibility index (Phi) is 6.95. The Bertz CT molecular complexity index is 985. The van der Waals surface area contributed by atoms with Crippen molar-refractivity contribution in [3.8, 4) is 0 Å². The molecule has 2 fully saturated rings. The predicted molar refractivity (Wildman–Crippen MR) is 116 cm³/mol. The quantitative estimate of drug-likeness (QED) is 0.679. The van der Waals surface area contributed by atoms with Crippen LogP contribution in [-0.2, 0) is 14.3 Å². The second-order valence-corrected chi connectivity index (χ2v) is 8.54. The number of rotatable bonds is 5. The molecule has 0 spiro atoms. The summed E-state index contributed by atoms with van der Waals surface area (Å²) < 4.78 is 33.6. The van der Waals surface area contributed by atoms with Crippen LogP contribution in [0.1, 0.15) is 25.7 Å². The van der Waals surface area contributed by atoms with Crippen molar-refractivity contribution in [1.29, 1.82) is 0 Å². The number of allylic oxidation sites excluding steroid dienone is 1. The van der Waals surface area contributed by atoms with Gasteiger partial charge < -0.3 is 15.0 Å². The standard InChI is InChI=1S/C22H23ClF2N4O3/c23-21-19(26-10-15-2-1-5-32-13-15)11-27-29(22(21)31)12-14-3-4-28(20(30)6-14)18-8-16(24)7-17(25)9-18/h7-9,11-12,14-15H,1-6,10,13H2/p+1/b29-12-/t14?,15-/m1/s1. The van der Waals surface area contributed by atoms with Gasteiger partial charge in [0.1, 0.15) is 17.8 Å². The van der Waals surface area contributed by atoms with Crippen LogP contribution in [0.5, 0.6) is 0 Å². The van der Waals surface area contributed by atoms with Crippen LogP contribution < -0.4 is 10.2 Å². The minimum absolute atomic E-state index is 0.0342. The smallest absolute Gasteiger partial charge is 0.382 e. The second kappa shape index (κ2) is 9.87. The Morgan fingerprint density at radius 2 is 2.03 bits per heavy atom. The number of anilines is 1. The molecule has 7 nitrogen and oxygen atoms in total. The van der Waals surface area contributed by atoms with E-state index in [2.05, 4.69) is 10.4 Å². The highest BCUT2D eigenvalue weighted by Gasteiger charge is 2.34. The Balaban J connectivity index is 1.37. The number of hydrogen-bond donors (Lipinski definition) is 1. The number of nitrogens with zero attached hydrogens (tertiary/aromatic N) is 3. The van der Waals surface area contributed by atoms with Crippen molar-refractivity contribution in [3.05, 3.63) is 40.6 Å². The first-order chi connectivity index (χ1) is 15.4. The molecule has 0 aliphatic carbocycles.